The van der Waals surface area contributed by atoms with Crippen LogP contribution in [0.5, 0.6) is 0 Å². The summed E-state index contributed by atoms with van der Waals surface area (Å²) in [4.78, 5) is 24.7. The van der Waals surface area contributed by atoms with Crippen molar-refractivity contribution in [2.45, 2.75) is 39.7 Å². The molecule has 4 aromatic heterocycles. The molecule has 1 amide bonds. The van der Waals surface area contributed by atoms with Gasteiger partial charge in [-0.15, -0.1) is 0 Å². The van der Waals surface area contributed by atoms with Crippen molar-refractivity contribution in [3.8, 4) is 11.1 Å². The van der Waals surface area contributed by atoms with Gasteiger partial charge in [0.25, 0.3) is 0 Å². The summed E-state index contributed by atoms with van der Waals surface area (Å²) < 4.78 is 1.98. The summed E-state index contributed by atoms with van der Waals surface area (Å²) in [6.45, 7) is 5.51. The molecule has 2 N–H and O–H groups in total. The number of imidazole rings is 1. The number of aryl methyl sites for hydroxylation is 1. The van der Waals surface area contributed by atoms with Crippen LogP contribution in [0.1, 0.15) is 44.1 Å². The molecule has 148 valence electrons. The van der Waals surface area contributed by atoms with Gasteiger partial charge in [0.05, 0.1) is 17.3 Å². The van der Waals surface area contributed by atoms with Crippen LogP contribution in [0, 0.1) is 6.92 Å². The van der Waals surface area contributed by atoms with E-state index >= 15 is 0 Å². The Balaban J connectivity index is 1.86. The summed E-state index contributed by atoms with van der Waals surface area (Å²) in [6, 6.07) is 5.82. The molecule has 4 aromatic rings. The Morgan fingerprint density at radius 1 is 1.17 bits per heavy atom. The lowest BCUT2D eigenvalue weighted by molar-refractivity contribution is -0.114. The average molecular weight is 389 g/mol. The van der Waals surface area contributed by atoms with Crippen LogP contribution < -0.4 is 5.32 Å². The van der Waals surface area contributed by atoms with E-state index in [2.05, 4.69) is 20.3 Å². The van der Waals surface area contributed by atoms with Gasteiger partial charge < -0.3 is 10.4 Å². The largest absolute Gasteiger partial charge is 0.387 e. The molecule has 7 nitrogen and oxygen atoms in total. The number of nitrogens with one attached hydrogen (secondary N) is 1. The van der Waals surface area contributed by atoms with Gasteiger partial charge in [-0.25, -0.2) is 9.97 Å². The minimum Gasteiger partial charge on any atom is -0.387 e. The number of aromatic nitrogens is 4. The predicted molar refractivity (Wildman–Crippen MR) is 113 cm³/mol. The highest BCUT2D eigenvalue weighted by Crippen LogP contribution is 2.32. The highest BCUT2D eigenvalue weighted by molar-refractivity contribution is 5.95. The zero-order valence-corrected chi connectivity index (χ0v) is 16.7. The standard InChI is InChI=1S/C22H23N5O2/c1-4-5-20(29)18-8-13(2)17(12-24-18)16-9-15-11-25-21(26-14(3)28)10-19(15)27-7-6-23-22(16)27/h6-12,20,29H,4-5H2,1-3H3,(H,25,26,28). The van der Waals surface area contributed by atoms with Crippen molar-refractivity contribution >= 4 is 28.3 Å². The molecule has 4 rings (SSSR count). The van der Waals surface area contributed by atoms with Crippen LogP contribution >= 0.6 is 0 Å². The number of pyridine rings is 3. The summed E-state index contributed by atoms with van der Waals surface area (Å²) in [5.41, 5.74) is 5.32. The molecular weight excluding hydrogens is 366 g/mol. The van der Waals surface area contributed by atoms with Gasteiger partial charge in [-0.05, 0) is 31.0 Å². The van der Waals surface area contributed by atoms with Crippen molar-refractivity contribution in [1.29, 1.82) is 0 Å². The molecule has 0 aliphatic rings. The van der Waals surface area contributed by atoms with Gasteiger partial charge in [0, 0.05) is 54.3 Å². The molecule has 0 fully saturated rings. The second-order valence-corrected chi connectivity index (χ2v) is 7.22. The second-order valence-electron chi connectivity index (χ2n) is 7.22. The fraction of sp³-hybridized carbons (Fsp3) is 0.273. The number of amides is 1. The molecule has 29 heavy (non-hydrogen) atoms. The molecule has 0 spiro atoms. The van der Waals surface area contributed by atoms with E-state index in [1.807, 2.05) is 42.6 Å². The molecule has 1 atom stereocenters. The summed E-state index contributed by atoms with van der Waals surface area (Å²) in [5, 5.41) is 13.9. The lowest BCUT2D eigenvalue weighted by Crippen LogP contribution is -2.07. The van der Waals surface area contributed by atoms with E-state index in [1.165, 1.54) is 6.92 Å². The number of aliphatic hydroxyl groups is 1. The summed E-state index contributed by atoms with van der Waals surface area (Å²) in [5.74, 6) is 0.335. The van der Waals surface area contributed by atoms with E-state index in [0.29, 0.717) is 17.9 Å². The molecule has 4 heterocycles. The highest BCUT2D eigenvalue weighted by Gasteiger charge is 2.15. The number of carbonyl (C=O) groups excluding carboxylic acids is 1. The topological polar surface area (TPSA) is 92.4 Å². The number of hydrogen-bond donors (Lipinski definition) is 2. The van der Waals surface area contributed by atoms with Crippen molar-refractivity contribution in [2.24, 2.45) is 0 Å². The van der Waals surface area contributed by atoms with Crippen LogP contribution in [0.25, 0.3) is 27.7 Å². The van der Waals surface area contributed by atoms with E-state index < -0.39 is 6.10 Å². The first-order valence-electron chi connectivity index (χ1n) is 9.66. The fourth-order valence-electron chi connectivity index (χ4n) is 3.60. The number of aliphatic hydroxyl groups excluding tert-OH is 1. The molecule has 1 unspecified atom stereocenters. The molecular formula is C22H23N5O2. The van der Waals surface area contributed by atoms with Gasteiger partial charge in [-0.2, -0.15) is 0 Å². The number of nitrogens with zero attached hydrogens (tertiary/aromatic N) is 4. The highest BCUT2D eigenvalue weighted by atomic mass is 16.3. The first kappa shape index (κ1) is 19.0. The van der Waals surface area contributed by atoms with Crippen LogP contribution in [0.2, 0.25) is 0 Å². The molecule has 0 aromatic carbocycles. The molecule has 0 saturated heterocycles. The number of carbonyl (C=O) groups is 1. The molecule has 0 radical (unpaired) electrons. The van der Waals surface area contributed by atoms with Gasteiger partial charge in [-0.1, -0.05) is 13.3 Å². The summed E-state index contributed by atoms with van der Waals surface area (Å²) >= 11 is 0. The van der Waals surface area contributed by atoms with E-state index in [9.17, 15) is 9.90 Å². The van der Waals surface area contributed by atoms with E-state index in [-0.39, 0.29) is 5.91 Å². The number of fused-ring (bicyclic) bond motifs is 3. The maximum Gasteiger partial charge on any atom is 0.222 e. The van der Waals surface area contributed by atoms with Crippen molar-refractivity contribution < 1.29 is 9.90 Å². The normalized spacial score (nSPS) is 12.4. The lowest BCUT2D eigenvalue weighted by atomic mass is 10.00. The molecule has 0 bridgehead atoms. The lowest BCUT2D eigenvalue weighted by Gasteiger charge is -2.14. The third-order valence-corrected chi connectivity index (χ3v) is 4.98. The first-order chi connectivity index (χ1) is 14.0. The van der Waals surface area contributed by atoms with Gasteiger partial charge in [-0.3, -0.25) is 14.2 Å². The van der Waals surface area contributed by atoms with E-state index in [1.54, 1.807) is 18.6 Å². The number of hydrogen-bond acceptors (Lipinski definition) is 5. The van der Waals surface area contributed by atoms with Gasteiger partial charge in [0.1, 0.15) is 11.5 Å². The monoisotopic (exact) mass is 389 g/mol. The maximum absolute atomic E-state index is 11.4. The Bertz CT molecular complexity index is 1210. The number of rotatable bonds is 5. The molecule has 7 heteroatoms. The zero-order valence-electron chi connectivity index (χ0n) is 16.7. The first-order valence-corrected chi connectivity index (χ1v) is 9.66. The predicted octanol–water partition coefficient (Wildman–Crippen LogP) is 4.04. The summed E-state index contributed by atoms with van der Waals surface area (Å²) in [6.07, 6.45) is 8.22. The Morgan fingerprint density at radius 2 is 2.00 bits per heavy atom. The van der Waals surface area contributed by atoms with Crippen LogP contribution in [0.15, 0.2) is 43.0 Å². The molecule has 0 aliphatic carbocycles. The molecule has 0 aliphatic heterocycles. The van der Waals surface area contributed by atoms with Crippen LogP contribution in [-0.4, -0.2) is 30.4 Å². The minimum absolute atomic E-state index is 0.164. The van der Waals surface area contributed by atoms with Gasteiger partial charge in [0.15, 0.2) is 0 Å². The SMILES string of the molecule is CCCC(O)c1cc(C)c(-c2cc3cnc(NC(C)=O)cc3n3ccnc23)cn1. The van der Waals surface area contributed by atoms with Gasteiger partial charge in [0.2, 0.25) is 5.91 Å². The maximum atomic E-state index is 11.4. The minimum atomic E-state index is -0.549. The second kappa shape index (κ2) is 7.60. The Hall–Kier alpha value is -3.32. The van der Waals surface area contributed by atoms with Crippen molar-refractivity contribution in [2.75, 3.05) is 5.32 Å². The van der Waals surface area contributed by atoms with Crippen LogP contribution in [-0.2, 0) is 4.79 Å². The Kier molecular flexibility index (Phi) is 4.98. The Morgan fingerprint density at radius 3 is 2.72 bits per heavy atom. The van der Waals surface area contributed by atoms with Crippen molar-refractivity contribution in [1.82, 2.24) is 19.4 Å². The zero-order chi connectivity index (χ0) is 20.5. The van der Waals surface area contributed by atoms with Crippen molar-refractivity contribution in [3.63, 3.8) is 0 Å². The van der Waals surface area contributed by atoms with Crippen LogP contribution in [0.4, 0.5) is 5.82 Å². The average Bonchev–Trinajstić information content (AvgIpc) is 3.17. The smallest absolute Gasteiger partial charge is 0.222 e. The van der Waals surface area contributed by atoms with Crippen molar-refractivity contribution in [3.05, 3.63) is 54.2 Å². The van der Waals surface area contributed by atoms with E-state index in [0.717, 1.165) is 39.7 Å². The number of anilines is 1. The summed E-state index contributed by atoms with van der Waals surface area (Å²) in [7, 11) is 0. The Labute approximate surface area is 168 Å². The quantitative estimate of drug-likeness (QED) is 0.537. The van der Waals surface area contributed by atoms with E-state index in [4.69, 9.17) is 0 Å². The molecule has 0 saturated carbocycles. The van der Waals surface area contributed by atoms with Crippen LogP contribution in [0.3, 0.4) is 0 Å². The third-order valence-electron chi connectivity index (χ3n) is 4.98. The third kappa shape index (κ3) is 3.56. The van der Waals surface area contributed by atoms with Gasteiger partial charge >= 0.3 is 0 Å². The fourth-order valence-corrected chi connectivity index (χ4v) is 3.60.